The van der Waals surface area contributed by atoms with Gasteiger partial charge in [0.2, 0.25) is 0 Å². The number of nitrogens with zero attached hydrogens (tertiary/aromatic N) is 3. The first-order chi connectivity index (χ1) is 13.6. The summed E-state index contributed by atoms with van der Waals surface area (Å²) in [6, 6.07) is 13.4. The van der Waals surface area contributed by atoms with Gasteiger partial charge >= 0.3 is 0 Å². The van der Waals surface area contributed by atoms with Gasteiger partial charge in [-0.2, -0.15) is 0 Å². The van der Waals surface area contributed by atoms with Gasteiger partial charge in [0.25, 0.3) is 0 Å². The summed E-state index contributed by atoms with van der Waals surface area (Å²) in [5.74, 6) is -0.291. The molecule has 1 atom stereocenters. The first-order valence-electron chi connectivity index (χ1n) is 9.51. The number of aliphatic hydroxyl groups is 1. The lowest BCUT2D eigenvalue weighted by Gasteiger charge is -2.37. The third-order valence-electron chi connectivity index (χ3n) is 5.34. The first kappa shape index (κ1) is 19.1. The molecule has 4 rings (SSSR count). The van der Waals surface area contributed by atoms with Crippen LogP contribution >= 0.6 is 11.3 Å². The number of thiazole rings is 1. The molecule has 0 aliphatic carbocycles. The maximum absolute atomic E-state index is 14.8. The zero-order valence-corrected chi connectivity index (χ0v) is 16.7. The van der Waals surface area contributed by atoms with Crippen molar-refractivity contribution in [1.29, 1.82) is 0 Å². The molecule has 1 N–H and O–H groups in total. The van der Waals surface area contributed by atoms with Crippen LogP contribution in [0.1, 0.15) is 27.8 Å². The second-order valence-corrected chi connectivity index (χ2v) is 8.07. The third kappa shape index (κ3) is 3.94. The normalized spacial score (nSPS) is 16.3. The van der Waals surface area contributed by atoms with Crippen LogP contribution in [0.25, 0.3) is 0 Å². The van der Waals surface area contributed by atoms with Crippen LogP contribution in [-0.4, -0.2) is 41.2 Å². The number of rotatable bonds is 5. The topological polar surface area (TPSA) is 39.6 Å². The lowest BCUT2D eigenvalue weighted by Crippen LogP contribution is -2.46. The number of benzene rings is 2. The fourth-order valence-electron chi connectivity index (χ4n) is 3.75. The van der Waals surface area contributed by atoms with Crippen LogP contribution in [0.5, 0.6) is 0 Å². The van der Waals surface area contributed by atoms with E-state index in [-0.39, 0.29) is 5.82 Å². The van der Waals surface area contributed by atoms with Crippen molar-refractivity contribution in [3.05, 3.63) is 81.6 Å². The van der Waals surface area contributed by atoms with Crippen LogP contribution in [-0.2, 0) is 6.54 Å². The summed E-state index contributed by atoms with van der Waals surface area (Å²) in [4.78, 5) is 8.65. The minimum atomic E-state index is -0.907. The Kier molecular flexibility index (Phi) is 5.71. The molecule has 0 bridgehead atoms. The monoisotopic (exact) mass is 397 g/mol. The van der Waals surface area contributed by atoms with Crippen LogP contribution < -0.4 is 4.90 Å². The molecule has 0 amide bonds. The van der Waals surface area contributed by atoms with Gasteiger partial charge in [0, 0.05) is 49.9 Å². The number of para-hydroxylation sites is 1. The number of hydrogen-bond acceptors (Lipinski definition) is 5. The molecule has 1 aliphatic rings. The number of aliphatic hydroxyl groups excluding tert-OH is 1. The van der Waals surface area contributed by atoms with Crippen molar-refractivity contribution in [3.63, 3.8) is 0 Å². The van der Waals surface area contributed by atoms with Crippen LogP contribution in [0.3, 0.4) is 0 Å². The molecule has 1 aromatic heterocycles. The van der Waals surface area contributed by atoms with E-state index < -0.39 is 6.10 Å². The molecule has 1 aliphatic heterocycles. The maximum Gasteiger partial charge on any atom is 0.146 e. The summed E-state index contributed by atoms with van der Waals surface area (Å²) in [5, 5.41) is 13.1. The number of aromatic nitrogens is 1. The highest BCUT2D eigenvalue weighted by Crippen LogP contribution is 2.34. The highest BCUT2D eigenvalue weighted by molar-refractivity contribution is 7.09. The molecule has 4 nitrogen and oxygen atoms in total. The Morgan fingerprint density at radius 3 is 2.61 bits per heavy atom. The van der Waals surface area contributed by atoms with Crippen molar-refractivity contribution >= 4 is 17.0 Å². The zero-order chi connectivity index (χ0) is 19.5. The van der Waals surface area contributed by atoms with Crippen molar-refractivity contribution in [2.75, 3.05) is 31.1 Å². The molecule has 0 saturated carbocycles. The molecule has 1 fully saturated rings. The SMILES string of the molecule is Cc1ccccc1CN1CCN(c2c(F)cccc2[C@@H](O)c2nccs2)CC1. The van der Waals surface area contributed by atoms with Crippen LogP contribution in [0.2, 0.25) is 0 Å². The molecule has 1 saturated heterocycles. The second-order valence-electron chi connectivity index (χ2n) is 7.14. The van der Waals surface area contributed by atoms with Gasteiger partial charge in [-0.05, 0) is 24.1 Å². The van der Waals surface area contributed by atoms with Crippen LogP contribution in [0, 0.1) is 12.7 Å². The smallest absolute Gasteiger partial charge is 0.146 e. The Balaban J connectivity index is 1.50. The van der Waals surface area contributed by atoms with E-state index in [0.717, 1.165) is 32.7 Å². The second kappa shape index (κ2) is 8.39. The fourth-order valence-corrected chi connectivity index (χ4v) is 4.39. The summed E-state index contributed by atoms with van der Waals surface area (Å²) in [6.07, 6.45) is 0.752. The highest BCUT2D eigenvalue weighted by Gasteiger charge is 2.26. The quantitative estimate of drug-likeness (QED) is 0.707. The summed E-state index contributed by atoms with van der Waals surface area (Å²) in [5.41, 5.74) is 3.72. The van der Waals surface area contributed by atoms with Crippen molar-refractivity contribution in [2.24, 2.45) is 0 Å². The molecule has 2 heterocycles. The molecule has 0 spiro atoms. The number of halogens is 1. The predicted molar refractivity (Wildman–Crippen MR) is 111 cm³/mol. The number of hydrogen-bond donors (Lipinski definition) is 1. The van der Waals surface area contributed by atoms with E-state index in [4.69, 9.17) is 0 Å². The predicted octanol–water partition coefficient (Wildman–Crippen LogP) is 3.99. The van der Waals surface area contributed by atoms with Gasteiger partial charge < -0.3 is 10.0 Å². The van der Waals surface area contributed by atoms with Gasteiger partial charge in [-0.15, -0.1) is 11.3 Å². The fraction of sp³-hybridized carbons (Fsp3) is 0.318. The first-order valence-corrected chi connectivity index (χ1v) is 10.4. The van der Waals surface area contributed by atoms with Gasteiger partial charge in [0.1, 0.15) is 16.9 Å². The average molecular weight is 398 g/mol. The summed E-state index contributed by atoms with van der Waals surface area (Å²) < 4.78 is 14.8. The lowest BCUT2D eigenvalue weighted by atomic mass is 10.0. The van der Waals surface area contributed by atoms with E-state index >= 15 is 0 Å². The molecule has 146 valence electrons. The minimum absolute atomic E-state index is 0.291. The summed E-state index contributed by atoms with van der Waals surface area (Å²) in [7, 11) is 0. The van der Waals surface area contributed by atoms with Gasteiger partial charge in [-0.3, -0.25) is 4.90 Å². The highest BCUT2D eigenvalue weighted by atomic mass is 32.1. The minimum Gasteiger partial charge on any atom is -0.381 e. The van der Waals surface area contributed by atoms with Gasteiger partial charge in [0.15, 0.2) is 0 Å². The summed E-state index contributed by atoms with van der Waals surface area (Å²) in [6.45, 7) is 6.21. The maximum atomic E-state index is 14.8. The Hall–Kier alpha value is -2.28. The lowest BCUT2D eigenvalue weighted by molar-refractivity contribution is 0.217. The Morgan fingerprint density at radius 1 is 1.11 bits per heavy atom. The van der Waals surface area contributed by atoms with Crippen LogP contribution in [0.15, 0.2) is 54.0 Å². The van der Waals surface area contributed by atoms with E-state index in [9.17, 15) is 9.50 Å². The van der Waals surface area contributed by atoms with E-state index in [1.165, 1.54) is 28.5 Å². The molecular formula is C22H24FN3OS. The zero-order valence-electron chi connectivity index (χ0n) is 15.9. The number of aryl methyl sites for hydroxylation is 1. The standard InChI is InChI=1S/C22H24FN3OS/c1-16-5-2-3-6-17(16)15-25-10-12-26(13-11-25)20-18(7-4-8-19(20)23)21(27)22-24-9-14-28-22/h2-9,14,21,27H,10-13,15H2,1H3/t21-/m1/s1. The van der Waals surface area contributed by atoms with E-state index in [0.29, 0.717) is 16.3 Å². The summed E-state index contributed by atoms with van der Waals surface area (Å²) >= 11 is 1.38. The Bertz CT molecular complexity index is 923. The number of anilines is 1. The third-order valence-corrected chi connectivity index (χ3v) is 6.17. The van der Waals surface area contributed by atoms with E-state index in [2.05, 4.69) is 46.0 Å². The van der Waals surface area contributed by atoms with Crippen molar-refractivity contribution in [2.45, 2.75) is 19.6 Å². The van der Waals surface area contributed by atoms with Crippen molar-refractivity contribution in [3.8, 4) is 0 Å². The average Bonchev–Trinajstić information content (AvgIpc) is 3.25. The molecular weight excluding hydrogens is 373 g/mol. The van der Waals surface area contributed by atoms with Gasteiger partial charge in [-0.25, -0.2) is 9.37 Å². The Morgan fingerprint density at radius 2 is 1.89 bits per heavy atom. The molecule has 28 heavy (non-hydrogen) atoms. The van der Waals surface area contributed by atoms with Gasteiger partial charge in [0.05, 0.1) is 5.69 Å². The largest absolute Gasteiger partial charge is 0.381 e. The van der Waals surface area contributed by atoms with E-state index in [1.54, 1.807) is 18.3 Å². The van der Waals surface area contributed by atoms with Crippen LogP contribution in [0.4, 0.5) is 10.1 Å². The molecule has 2 aromatic carbocycles. The molecule has 0 unspecified atom stereocenters. The molecule has 0 radical (unpaired) electrons. The Labute approximate surface area is 168 Å². The number of piperazine rings is 1. The van der Waals surface area contributed by atoms with Crippen molar-refractivity contribution in [1.82, 2.24) is 9.88 Å². The molecule has 3 aromatic rings. The van der Waals surface area contributed by atoms with Crippen molar-refractivity contribution < 1.29 is 9.50 Å². The van der Waals surface area contributed by atoms with Gasteiger partial charge in [-0.1, -0.05) is 36.4 Å². The van der Waals surface area contributed by atoms with E-state index in [1.807, 2.05) is 5.38 Å². The molecule has 6 heteroatoms.